The number of carboxylic acid groups (broad SMARTS) is 1. The van der Waals surface area contributed by atoms with Crippen molar-refractivity contribution < 1.29 is 23.5 Å². The molecule has 2 N–H and O–H groups in total. The molecule has 0 saturated carbocycles. The number of urea groups is 1. The first-order valence-corrected chi connectivity index (χ1v) is 11.0. The number of fused-ring (bicyclic) bond motifs is 3. The summed E-state index contributed by atoms with van der Waals surface area (Å²) in [5.74, 6) is -2.81. The predicted molar refractivity (Wildman–Crippen MR) is 127 cm³/mol. The van der Waals surface area contributed by atoms with Crippen LogP contribution < -0.4 is 15.1 Å². The van der Waals surface area contributed by atoms with Crippen LogP contribution in [0.4, 0.5) is 36.5 Å². The van der Waals surface area contributed by atoms with Gasteiger partial charge in [-0.1, -0.05) is 29.3 Å². The van der Waals surface area contributed by atoms with Gasteiger partial charge in [0.15, 0.2) is 11.6 Å². The number of benzene rings is 2. The Morgan fingerprint density at radius 3 is 2.44 bits per heavy atom. The van der Waals surface area contributed by atoms with Gasteiger partial charge in [0.05, 0.1) is 17.1 Å². The Balaban J connectivity index is 1.90. The van der Waals surface area contributed by atoms with Crippen LogP contribution in [0.15, 0.2) is 42.6 Å². The van der Waals surface area contributed by atoms with Crippen LogP contribution in [0.3, 0.4) is 0 Å². The molecule has 1 aliphatic heterocycles. The normalized spacial score (nSPS) is 12.8. The number of pyridine rings is 1. The van der Waals surface area contributed by atoms with Crippen molar-refractivity contribution in [3.63, 3.8) is 0 Å². The van der Waals surface area contributed by atoms with E-state index in [-0.39, 0.29) is 41.7 Å². The van der Waals surface area contributed by atoms with Crippen molar-refractivity contribution >= 4 is 58.1 Å². The molecular weight excluding hydrogens is 489 g/mol. The summed E-state index contributed by atoms with van der Waals surface area (Å²) in [6.07, 6.45) is 1.15. The summed E-state index contributed by atoms with van der Waals surface area (Å²) in [7, 11) is 0. The number of amides is 2. The van der Waals surface area contributed by atoms with Crippen LogP contribution in [-0.4, -0.2) is 35.2 Å². The highest BCUT2D eigenvalue weighted by Gasteiger charge is 2.36. The predicted octanol–water partition coefficient (Wildman–Crippen LogP) is 6.32. The quantitative estimate of drug-likeness (QED) is 0.408. The molecule has 7 nitrogen and oxygen atoms in total. The Bertz CT molecular complexity index is 1280. The number of aromatic nitrogens is 1. The Hall–Kier alpha value is -3.43. The summed E-state index contributed by atoms with van der Waals surface area (Å²) in [6.45, 7) is 1.85. The molecule has 3 aromatic rings. The molecule has 11 heteroatoms. The summed E-state index contributed by atoms with van der Waals surface area (Å²) in [6, 6.07) is 7.56. The van der Waals surface area contributed by atoms with Crippen molar-refractivity contribution in [2.75, 3.05) is 28.2 Å². The van der Waals surface area contributed by atoms with E-state index in [1.54, 1.807) is 25.1 Å². The van der Waals surface area contributed by atoms with E-state index in [4.69, 9.17) is 28.3 Å². The summed E-state index contributed by atoms with van der Waals surface area (Å²) in [4.78, 5) is 30.9. The van der Waals surface area contributed by atoms with Crippen LogP contribution in [0, 0.1) is 11.6 Å². The largest absolute Gasteiger partial charge is 0.481 e. The van der Waals surface area contributed by atoms with Crippen LogP contribution in [0.5, 0.6) is 0 Å². The number of carbonyl (C=O) groups is 2. The van der Waals surface area contributed by atoms with Crippen molar-refractivity contribution in [2.45, 2.75) is 13.3 Å². The summed E-state index contributed by atoms with van der Waals surface area (Å²) >= 11 is 12.4. The van der Waals surface area contributed by atoms with Crippen molar-refractivity contribution in [3.8, 4) is 11.1 Å². The molecule has 2 heterocycles. The zero-order valence-corrected chi connectivity index (χ0v) is 19.3. The average Bonchev–Trinajstić information content (AvgIpc) is 2.86. The molecule has 4 rings (SSSR count). The van der Waals surface area contributed by atoms with E-state index >= 15 is 8.78 Å². The molecule has 2 amide bonds. The van der Waals surface area contributed by atoms with Crippen molar-refractivity contribution in [1.82, 2.24) is 4.98 Å². The number of anilines is 4. The first-order chi connectivity index (χ1) is 16.2. The van der Waals surface area contributed by atoms with Crippen molar-refractivity contribution in [3.05, 3.63) is 64.3 Å². The zero-order chi connectivity index (χ0) is 24.6. The summed E-state index contributed by atoms with van der Waals surface area (Å²) in [5, 5.41) is 12.0. The minimum absolute atomic E-state index is 0.0278. The number of nitrogens with one attached hydrogen (secondary N) is 1. The lowest BCUT2D eigenvalue weighted by atomic mass is 10.0. The average molecular weight is 507 g/mol. The Morgan fingerprint density at radius 2 is 1.79 bits per heavy atom. The molecule has 0 spiro atoms. The highest BCUT2D eigenvalue weighted by atomic mass is 35.5. The molecule has 0 radical (unpaired) electrons. The van der Waals surface area contributed by atoms with Gasteiger partial charge in [-0.3, -0.25) is 14.6 Å². The standard InChI is InChI=1S/C23H18Cl2F2N4O3/c1-2-30-22-16(7-13(25)11-29-22)15-4-3-12(24)8-19(15)31(23(30)34)21-17(26)9-14(10-18(21)27)28-6-5-20(32)33/h3-4,7-11,28H,2,5-6H2,1H3,(H,32,33). The number of rotatable bonds is 6. The molecule has 0 saturated heterocycles. The van der Waals surface area contributed by atoms with Gasteiger partial charge in [0.2, 0.25) is 0 Å². The maximum absolute atomic E-state index is 15.3. The van der Waals surface area contributed by atoms with Crippen LogP contribution in [0.1, 0.15) is 13.3 Å². The second-order valence-corrected chi connectivity index (χ2v) is 8.28. The molecule has 0 fully saturated rings. The highest BCUT2D eigenvalue weighted by molar-refractivity contribution is 6.32. The lowest BCUT2D eigenvalue weighted by Gasteiger charge is -2.28. The molecule has 2 aromatic carbocycles. The monoisotopic (exact) mass is 506 g/mol. The topological polar surface area (TPSA) is 85.8 Å². The minimum Gasteiger partial charge on any atom is -0.481 e. The molecule has 34 heavy (non-hydrogen) atoms. The first-order valence-electron chi connectivity index (χ1n) is 10.2. The summed E-state index contributed by atoms with van der Waals surface area (Å²) < 4.78 is 30.7. The van der Waals surface area contributed by atoms with Gasteiger partial charge in [0.25, 0.3) is 0 Å². The number of hydrogen-bond donors (Lipinski definition) is 2. The van der Waals surface area contributed by atoms with Gasteiger partial charge in [0, 0.05) is 41.1 Å². The summed E-state index contributed by atoms with van der Waals surface area (Å²) in [5.41, 5.74) is 0.557. The maximum Gasteiger partial charge on any atom is 0.334 e. The first kappa shape index (κ1) is 23.7. The third-order valence-electron chi connectivity index (χ3n) is 5.23. The number of halogens is 4. The van der Waals surface area contributed by atoms with Crippen molar-refractivity contribution in [2.24, 2.45) is 0 Å². The van der Waals surface area contributed by atoms with Gasteiger partial charge in [-0.05, 0) is 37.3 Å². The molecule has 0 atom stereocenters. The lowest BCUT2D eigenvalue weighted by Crippen LogP contribution is -2.41. The SMILES string of the molecule is CCN1C(=O)N(c2c(F)cc(NCCC(=O)O)cc2F)c2cc(Cl)ccc2-c2cc(Cl)cnc21. The van der Waals surface area contributed by atoms with Crippen molar-refractivity contribution in [1.29, 1.82) is 0 Å². The second kappa shape index (κ2) is 9.44. The zero-order valence-electron chi connectivity index (χ0n) is 17.8. The van der Waals surface area contributed by atoms with Crippen LogP contribution in [-0.2, 0) is 4.79 Å². The van der Waals surface area contributed by atoms with Crippen LogP contribution in [0.2, 0.25) is 10.0 Å². The van der Waals surface area contributed by atoms with E-state index in [1.807, 2.05) is 0 Å². The number of aliphatic carboxylic acids is 1. The van der Waals surface area contributed by atoms with Gasteiger partial charge in [0.1, 0.15) is 11.5 Å². The number of nitrogens with zero attached hydrogens (tertiary/aromatic N) is 3. The molecule has 0 bridgehead atoms. The molecular formula is C23H18Cl2F2N4O3. The number of carboxylic acids is 1. The fraction of sp³-hybridized carbons (Fsp3) is 0.174. The van der Waals surface area contributed by atoms with Gasteiger partial charge in [-0.15, -0.1) is 0 Å². The Morgan fingerprint density at radius 1 is 1.09 bits per heavy atom. The van der Waals surface area contributed by atoms with E-state index in [9.17, 15) is 9.59 Å². The Labute approximate surface area is 203 Å². The van der Waals surface area contributed by atoms with Crippen LogP contribution >= 0.6 is 23.2 Å². The molecule has 0 aliphatic carbocycles. The van der Waals surface area contributed by atoms with Gasteiger partial charge < -0.3 is 10.4 Å². The second-order valence-electron chi connectivity index (χ2n) is 7.41. The van der Waals surface area contributed by atoms with E-state index in [0.717, 1.165) is 17.0 Å². The molecule has 176 valence electrons. The van der Waals surface area contributed by atoms with Gasteiger partial charge in [-0.2, -0.15) is 0 Å². The minimum atomic E-state index is -1.05. The van der Waals surface area contributed by atoms with E-state index < -0.39 is 29.3 Å². The van der Waals surface area contributed by atoms with Gasteiger partial charge >= 0.3 is 12.0 Å². The fourth-order valence-corrected chi connectivity index (χ4v) is 4.10. The van der Waals surface area contributed by atoms with E-state index in [1.165, 1.54) is 17.2 Å². The third kappa shape index (κ3) is 4.36. The Kier molecular flexibility index (Phi) is 6.58. The molecule has 0 unspecified atom stereocenters. The highest BCUT2D eigenvalue weighted by Crippen LogP contribution is 2.46. The molecule has 1 aromatic heterocycles. The van der Waals surface area contributed by atoms with Crippen LogP contribution in [0.25, 0.3) is 11.1 Å². The maximum atomic E-state index is 15.3. The van der Waals surface area contributed by atoms with E-state index in [2.05, 4.69) is 10.3 Å². The smallest absolute Gasteiger partial charge is 0.334 e. The van der Waals surface area contributed by atoms with Gasteiger partial charge in [-0.25, -0.2) is 18.6 Å². The lowest BCUT2D eigenvalue weighted by molar-refractivity contribution is -0.136. The fourth-order valence-electron chi connectivity index (χ4n) is 3.77. The number of hydrogen-bond acceptors (Lipinski definition) is 4. The molecule has 1 aliphatic rings. The number of carbonyl (C=O) groups excluding carboxylic acids is 1. The third-order valence-corrected chi connectivity index (χ3v) is 5.67. The van der Waals surface area contributed by atoms with E-state index in [0.29, 0.717) is 16.1 Å².